The standard InChI is InChI=1S/C17H28N4S/c1-12-16(22-13(2)20-12)8-9-19-17(18-3)21-10-14-6-4-5-7-15(14)11-21/h14-15H,4-11H2,1-3H3,(H,18,19). The first-order valence-electron chi connectivity index (χ1n) is 8.56. The van der Waals surface area contributed by atoms with Crippen LogP contribution in [0.5, 0.6) is 0 Å². The summed E-state index contributed by atoms with van der Waals surface area (Å²) >= 11 is 1.82. The molecule has 0 amide bonds. The number of aromatic nitrogens is 1. The highest BCUT2D eigenvalue weighted by Crippen LogP contribution is 2.35. The molecule has 0 aromatic carbocycles. The van der Waals surface area contributed by atoms with Crippen LogP contribution in [-0.2, 0) is 6.42 Å². The Kier molecular flexibility index (Phi) is 5.01. The van der Waals surface area contributed by atoms with Gasteiger partial charge in [-0.25, -0.2) is 4.98 Å². The molecule has 1 aliphatic heterocycles. The second-order valence-corrected chi connectivity index (χ2v) is 7.96. The number of aliphatic imine (C=N–C) groups is 1. The van der Waals surface area contributed by atoms with Gasteiger partial charge in [-0.3, -0.25) is 4.99 Å². The number of nitrogens with zero attached hydrogens (tertiary/aromatic N) is 3. The van der Waals surface area contributed by atoms with E-state index in [0.29, 0.717) is 0 Å². The van der Waals surface area contributed by atoms with E-state index in [0.717, 1.165) is 30.8 Å². The largest absolute Gasteiger partial charge is 0.356 e. The zero-order valence-electron chi connectivity index (χ0n) is 14.1. The van der Waals surface area contributed by atoms with E-state index < -0.39 is 0 Å². The Balaban J connectivity index is 1.51. The number of thiazole rings is 1. The summed E-state index contributed by atoms with van der Waals surface area (Å²) in [6.45, 7) is 7.53. The summed E-state index contributed by atoms with van der Waals surface area (Å²) in [5, 5.41) is 4.73. The molecular weight excluding hydrogens is 292 g/mol. The van der Waals surface area contributed by atoms with E-state index >= 15 is 0 Å². The first-order chi connectivity index (χ1) is 10.7. The molecule has 1 aliphatic carbocycles. The molecule has 122 valence electrons. The number of fused-ring (bicyclic) bond motifs is 1. The molecule has 22 heavy (non-hydrogen) atoms. The summed E-state index contributed by atoms with van der Waals surface area (Å²) < 4.78 is 0. The third-order valence-corrected chi connectivity index (χ3v) is 6.26. The lowest BCUT2D eigenvalue weighted by atomic mass is 9.82. The minimum Gasteiger partial charge on any atom is -0.356 e. The predicted molar refractivity (Wildman–Crippen MR) is 93.7 cm³/mol. The summed E-state index contributed by atoms with van der Waals surface area (Å²) in [6.07, 6.45) is 6.71. The average Bonchev–Trinajstić information content (AvgIpc) is 3.06. The van der Waals surface area contributed by atoms with Crippen molar-refractivity contribution in [2.75, 3.05) is 26.7 Å². The van der Waals surface area contributed by atoms with Gasteiger partial charge in [0.25, 0.3) is 0 Å². The van der Waals surface area contributed by atoms with E-state index in [9.17, 15) is 0 Å². The van der Waals surface area contributed by atoms with Crippen molar-refractivity contribution >= 4 is 17.3 Å². The van der Waals surface area contributed by atoms with Gasteiger partial charge in [-0.1, -0.05) is 12.8 Å². The monoisotopic (exact) mass is 320 g/mol. The fourth-order valence-electron chi connectivity index (χ4n) is 4.00. The number of aryl methyl sites for hydroxylation is 2. The normalized spacial score (nSPS) is 25.4. The Hall–Kier alpha value is -1.10. The number of nitrogens with one attached hydrogen (secondary N) is 1. The van der Waals surface area contributed by atoms with E-state index in [1.807, 2.05) is 18.4 Å². The van der Waals surface area contributed by atoms with E-state index in [1.54, 1.807) is 0 Å². The molecule has 2 unspecified atom stereocenters. The fraction of sp³-hybridized carbons (Fsp3) is 0.765. The highest BCUT2D eigenvalue weighted by molar-refractivity contribution is 7.11. The lowest BCUT2D eigenvalue weighted by Gasteiger charge is -2.22. The van der Waals surface area contributed by atoms with Gasteiger partial charge in [0, 0.05) is 38.0 Å². The van der Waals surface area contributed by atoms with Crippen LogP contribution in [0, 0.1) is 25.7 Å². The van der Waals surface area contributed by atoms with E-state index in [-0.39, 0.29) is 0 Å². The van der Waals surface area contributed by atoms with E-state index in [2.05, 4.69) is 34.0 Å². The third-order valence-electron chi connectivity index (χ3n) is 5.12. The molecule has 0 bridgehead atoms. The van der Waals surface area contributed by atoms with Crippen molar-refractivity contribution in [1.82, 2.24) is 15.2 Å². The van der Waals surface area contributed by atoms with Crippen LogP contribution in [0.15, 0.2) is 4.99 Å². The van der Waals surface area contributed by atoms with Gasteiger partial charge < -0.3 is 10.2 Å². The van der Waals surface area contributed by atoms with Gasteiger partial charge in [-0.2, -0.15) is 0 Å². The maximum absolute atomic E-state index is 4.51. The van der Waals surface area contributed by atoms with Crippen molar-refractivity contribution < 1.29 is 0 Å². The molecule has 2 aliphatic rings. The Labute approximate surface area is 138 Å². The van der Waals surface area contributed by atoms with Gasteiger partial charge in [0.05, 0.1) is 10.7 Å². The van der Waals surface area contributed by atoms with Crippen LogP contribution in [0.4, 0.5) is 0 Å². The molecule has 1 N–H and O–H groups in total. The molecule has 2 fully saturated rings. The molecule has 3 rings (SSSR count). The second kappa shape index (κ2) is 6.99. The van der Waals surface area contributed by atoms with Gasteiger partial charge in [-0.15, -0.1) is 11.3 Å². The Bertz CT molecular complexity index is 523. The van der Waals surface area contributed by atoms with Crippen LogP contribution < -0.4 is 5.32 Å². The smallest absolute Gasteiger partial charge is 0.193 e. The Morgan fingerprint density at radius 2 is 1.95 bits per heavy atom. The molecule has 0 spiro atoms. The third kappa shape index (κ3) is 3.45. The molecule has 2 atom stereocenters. The number of hydrogen-bond donors (Lipinski definition) is 1. The van der Waals surface area contributed by atoms with Crippen molar-refractivity contribution in [3.8, 4) is 0 Å². The summed E-state index contributed by atoms with van der Waals surface area (Å²) in [5.41, 5.74) is 1.19. The minimum absolute atomic E-state index is 0.902. The lowest BCUT2D eigenvalue weighted by molar-refractivity contribution is 0.299. The van der Waals surface area contributed by atoms with E-state index in [4.69, 9.17) is 0 Å². The topological polar surface area (TPSA) is 40.5 Å². The van der Waals surface area contributed by atoms with Crippen LogP contribution in [0.2, 0.25) is 0 Å². The highest BCUT2D eigenvalue weighted by Gasteiger charge is 2.35. The quantitative estimate of drug-likeness (QED) is 0.687. The number of guanidine groups is 1. The van der Waals surface area contributed by atoms with Crippen molar-refractivity contribution in [2.45, 2.75) is 46.0 Å². The Morgan fingerprint density at radius 1 is 1.27 bits per heavy atom. The van der Waals surface area contributed by atoms with Gasteiger partial charge in [0.1, 0.15) is 0 Å². The summed E-state index contributed by atoms with van der Waals surface area (Å²) in [6, 6.07) is 0. The second-order valence-electron chi connectivity index (χ2n) is 6.68. The van der Waals surface area contributed by atoms with Crippen molar-refractivity contribution in [3.05, 3.63) is 15.6 Å². The maximum atomic E-state index is 4.51. The van der Waals surface area contributed by atoms with Gasteiger partial charge >= 0.3 is 0 Å². The van der Waals surface area contributed by atoms with Gasteiger partial charge in [0.2, 0.25) is 0 Å². The van der Waals surface area contributed by atoms with E-state index in [1.165, 1.54) is 54.4 Å². The molecule has 1 aromatic rings. The predicted octanol–water partition coefficient (Wildman–Crippen LogP) is 3.00. The number of rotatable bonds is 3. The zero-order valence-corrected chi connectivity index (χ0v) is 14.9. The molecule has 1 aromatic heterocycles. The van der Waals surface area contributed by atoms with Crippen LogP contribution in [0.25, 0.3) is 0 Å². The molecule has 0 radical (unpaired) electrons. The van der Waals surface area contributed by atoms with Crippen LogP contribution >= 0.6 is 11.3 Å². The van der Waals surface area contributed by atoms with Crippen LogP contribution in [-0.4, -0.2) is 42.5 Å². The molecule has 4 nitrogen and oxygen atoms in total. The lowest BCUT2D eigenvalue weighted by Crippen LogP contribution is -2.41. The molecule has 2 heterocycles. The molecule has 5 heteroatoms. The minimum atomic E-state index is 0.902. The SMILES string of the molecule is CN=C(NCCc1sc(C)nc1C)N1CC2CCCCC2C1. The zero-order chi connectivity index (χ0) is 15.5. The van der Waals surface area contributed by atoms with Gasteiger partial charge in [0.15, 0.2) is 5.96 Å². The fourth-order valence-corrected chi connectivity index (χ4v) is 4.94. The van der Waals surface area contributed by atoms with Crippen molar-refractivity contribution in [3.63, 3.8) is 0 Å². The first kappa shape index (κ1) is 15.8. The number of likely N-dealkylation sites (tertiary alicyclic amines) is 1. The molecular formula is C17H28N4S. The summed E-state index contributed by atoms with van der Waals surface area (Å²) in [4.78, 5) is 12.9. The van der Waals surface area contributed by atoms with Crippen LogP contribution in [0.1, 0.15) is 41.3 Å². The first-order valence-corrected chi connectivity index (χ1v) is 9.37. The number of hydrogen-bond acceptors (Lipinski definition) is 3. The van der Waals surface area contributed by atoms with Crippen molar-refractivity contribution in [2.24, 2.45) is 16.8 Å². The molecule has 1 saturated heterocycles. The molecule has 1 saturated carbocycles. The summed E-state index contributed by atoms with van der Waals surface area (Å²) in [7, 11) is 1.91. The maximum Gasteiger partial charge on any atom is 0.193 e. The highest BCUT2D eigenvalue weighted by atomic mass is 32.1. The summed E-state index contributed by atoms with van der Waals surface area (Å²) in [5.74, 6) is 2.89. The van der Waals surface area contributed by atoms with Crippen LogP contribution in [0.3, 0.4) is 0 Å². The van der Waals surface area contributed by atoms with Crippen molar-refractivity contribution in [1.29, 1.82) is 0 Å². The van der Waals surface area contributed by atoms with Gasteiger partial charge in [-0.05, 0) is 38.5 Å². The average molecular weight is 321 g/mol. The Morgan fingerprint density at radius 3 is 2.50 bits per heavy atom.